The van der Waals surface area contributed by atoms with Gasteiger partial charge >= 0.3 is 6.18 Å². The van der Waals surface area contributed by atoms with Crippen LogP contribution in [-0.2, 0) is 9.53 Å². The Bertz CT molecular complexity index is 242. The van der Waals surface area contributed by atoms with Crippen molar-refractivity contribution in [2.24, 2.45) is 5.73 Å². The van der Waals surface area contributed by atoms with Gasteiger partial charge in [0.2, 0.25) is 5.91 Å². The molecule has 4 nitrogen and oxygen atoms in total. The molecule has 0 aliphatic heterocycles. The van der Waals surface area contributed by atoms with Crippen LogP contribution in [0.3, 0.4) is 0 Å². The highest BCUT2D eigenvalue weighted by Gasteiger charge is 2.53. The zero-order valence-electron chi connectivity index (χ0n) is 10.1. The van der Waals surface area contributed by atoms with E-state index in [1.54, 1.807) is 0 Å². The number of alkyl halides is 3. The first kappa shape index (κ1) is 16.2. The molecule has 0 rings (SSSR count). The summed E-state index contributed by atoms with van der Waals surface area (Å²) in [5.41, 5.74) is 2.08. The molecule has 102 valence electrons. The van der Waals surface area contributed by atoms with Crippen LogP contribution in [0.25, 0.3) is 0 Å². The van der Waals surface area contributed by atoms with Gasteiger partial charge < -0.3 is 15.8 Å². The van der Waals surface area contributed by atoms with Crippen molar-refractivity contribution in [2.75, 3.05) is 19.8 Å². The van der Waals surface area contributed by atoms with Crippen molar-refractivity contribution in [1.82, 2.24) is 5.32 Å². The van der Waals surface area contributed by atoms with Crippen LogP contribution >= 0.6 is 0 Å². The van der Waals surface area contributed by atoms with E-state index in [9.17, 15) is 18.0 Å². The van der Waals surface area contributed by atoms with Gasteiger partial charge in [0, 0.05) is 19.8 Å². The van der Waals surface area contributed by atoms with Gasteiger partial charge in [-0.15, -0.1) is 0 Å². The molecule has 0 aliphatic rings. The van der Waals surface area contributed by atoms with Crippen LogP contribution in [0.5, 0.6) is 0 Å². The fourth-order valence-electron chi connectivity index (χ4n) is 0.935. The molecule has 0 aromatic rings. The summed E-state index contributed by atoms with van der Waals surface area (Å²) >= 11 is 0. The highest BCUT2D eigenvalue weighted by atomic mass is 19.4. The first-order valence-electron chi connectivity index (χ1n) is 5.45. The number of hydrogen-bond acceptors (Lipinski definition) is 3. The van der Waals surface area contributed by atoms with Gasteiger partial charge in [-0.3, -0.25) is 4.79 Å². The Balaban J connectivity index is 3.87. The summed E-state index contributed by atoms with van der Waals surface area (Å²) < 4.78 is 42.2. The summed E-state index contributed by atoms with van der Waals surface area (Å²) in [5, 5.41) is 2.14. The molecule has 0 aliphatic carbocycles. The van der Waals surface area contributed by atoms with Crippen molar-refractivity contribution < 1.29 is 22.7 Å². The minimum absolute atomic E-state index is 0.116. The third-order valence-corrected chi connectivity index (χ3v) is 2.16. The van der Waals surface area contributed by atoms with Gasteiger partial charge in [0.15, 0.2) is 5.54 Å². The lowest BCUT2D eigenvalue weighted by Gasteiger charge is -2.26. The van der Waals surface area contributed by atoms with E-state index in [0.29, 0.717) is 26.6 Å². The maximum absolute atomic E-state index is 12.3. The van der Waals surface area contributed by atoms with E-state index in [4.69, 9.17) is 10.5 Å². The third-order valence-electron chi connectivity index (χ3n) is 2.16. The van der Waals surface area contributed by atoms with Crippen LogP contribution in [0, 0.1) is 0 Å². The van der Waals surface area contributed by atoms with Gasteiger partial charge in [-0.1, -0.05) is 6.92 Å². The lowest BCUT2D eigenvalue weighted by atomic mass is 10.0. The Kier molecular flexibility index (Phi) is 6.48. The molecule has 1 unspecified atom stereocenters. The minimum atomic E-state index is -4.75. The Morgan fingerprint density at radius 2 is 1.94 bits per heavy atom. The average molecular weight is 256 g/mol. The monoisotopic (exact) mass is 256 g/mol. The maximum atomic E-state index is 12.3. The minimum Gasteiger partial charge on any atom is -0.381 e. The van der Waals surface area contributed by atoms with Crippen LogP contribution < -0.4 is 11.1 Å². The molecular formula is C10H19F3N2O2. The van der Waals surface area contributed by atoms with E-state index in [1.807, 2.05) is 6.92 Å². The van der Waals surface area contributed by atoms with Gasteiger partial charge in [-0.05, 0) is 19.8 Å². The number of ether oxygens (including phenoxy) is 1. The lowest BCUT2D eigenvalue weighted by Crippen LogP contribution is -2.61. The summed E-state index contributed by atoms with van der Waals surface area (Å²) in [6.45, 7) is 3.72. The van der Waals surface area contributed by atoms with Gasteiger partial charge in [-0.25, -0.2) is 0 Å². The lowest BCUT2D eigenvalue weighted by molar-refractivity contribution is -0.187. The molecule has 7 heteroatoms. The summed E-state index contributed by atoms with van der Waals surface area (Å²) in [6, 6.07) is 0. The largest absolute Gasteiger partial charge is 0.415 e. The highest BCUT2D eigenvalue weighted by Crippen LogP contribution is 2.27. The van der Waals surface area contributed by atoms with Crippen molar-refractivity contribution in [1.29, 1.82) is 0 Å². The number of carbonyl (C=O) groups is 1. The predicted molar refractivity (Wildman–Crippen MR) is 57.4 cm³/mol. The maximum Gasteiger partial charge on any atom is 0.415 e. The predicted octanol–water partition coefficient (Wildman–Crippen LogP) is 1.20. The second kappa shape index (κ2) is 6.80. The smallest absolute Gasteiger partial charge is 0.381 e. The van der Waals surface area contributed by atoms with Crippen molar-refractivity contribution in [3.8, 4) is 0 Å². The zero-order valence-corrected chi connectivity index (χ0v) is 10.1. The summed E-state index contributed by atoms with van der Waals surface area (Å²) in [6.07, 6.45) is -3.42. The molecular weight excluding hydrogens is 237 g/mol. The molecule has 0 radical (unpaired) electrons. The number of amides is 1. The Morgan fingerprint density at radius 1 is 1.35 bits per heavy atom. The fraction of sp³-hybridized carbons (Fsp3) is 0.900. The van der Waals surface area contributed by atoms with E-state index in [1.165, 1.54) is 0 Å². The van der Waals surface area contributed by atoms with E-state index in [2.05, 4.69) is 5.32 Å². The van der Waals surface area contributed by atoms with E-state index in [-0.39, 0.29) is 6.54 Å². The van der Waals surface area contributed by atoms with Crippen LogP contribution in [-0.4, -0.2) is 37.4 Å². The average Bonchev–Trinajstić information content (AvgIpc) is 2.21. The summed E-state index contributed by atoms with van der Waals surface area (Å²) in [7, 11) is 0. The van der Waals surface area contributed by atoms with Gasteiger partial charge in [0.25, 0.3) is 0 Å². The third kappa shape index (κ3) is 5.36. The van der Waals surface area contributed by atoms with Crippen LogP contribution in [0.2, 0.25) is 0 Å². The van der Waals surface area contributed by atoms with Crippen molar-refractivity contribution >= 4 is 5.91 Å². The molecule has 1 atom stereocenters. The first-order chi connectivity index (χ1) is 7.73. The SMILES string of the molecule is CCCOCCCNC(=O)C(C)(N)C(F)(F)F. The van der Waals surface area contributed by atoms with Crippen molar-refractivity contribution in [2.45, 2.75) is 38.4 Å². The molecule has 0 bridgehead atoms. The Labute approximate surface area is 98.7 Å². The number of nitrogens with two attached hydrogens (primary N) is 1. The normalized spacial score (nSPS) is 15.4. The number of carbonyl (C=O) groups excluding carboxylic acids is 1. The number of halogens is 3. The van der Waals surface area contributed by atoms with Crippen LogP contribution in [0.15, 0.2) is 0 Å². The molecule has 1 amide bonds. The standard InChI is InChI=1S/C10H19F3N2O2/c1-3-6-17-7-4-5-15-8(16)9(2,14)10(11,12)13/h3-7,14H2,1-2H3,(H,15,16). The van der Waals surface area contributed by atoms with Gasteiger partial charge in [0.05, 0.1) is 0 Å². The van der Waals surface area contributed by atoms with E-state index in [0.717, 1.165) is 6.42 Å². The fourth-order valence-corrected chi connectivity index (χ4v) is 0.935. The Hall–Kier alpha value is -0.820. The van der Waals surface area contributed by atoms with Gasteiger partial charge in [0.1, 0.15) is 0 Å². The van der Waals surface area contributed by atoms with Crippen molar-refractivity contribution in [3.05, 3.63) is 0 Å². The van der Waals surface area contributed by atoms with Crippen LogP contribution in [0.1, 0.15) is 26.7 Å². The first-order valence-corrected chi connectivity index (χ1v) is 5.45. The molecule has 0 aromatic carbocycles. The van der Waals surface area contributed by atoms with E-state index < -0.39 is 17.6 Å². The molecule has 3 N–H and O–H groups in total. The molecule has 0 aromatic heterocycles. The van der Waals surface area contributed by atoms with Crippen molar-refractivity contribution in [3.63, 3.8) is 0 Å². The number of rotatable bonds is 7. The number of hydrogen-bond donors (Lipinski definition) is 2. The van der Waals surface area contributed by atoms with Gasteiger partial charge in [-0.2, -0.15) is 13.2 Å². The molecule has 0 heterocycles. The Morgan fingerprint density at radius 3 is 2.41 bits per heavy atom. The molecule has 0 saturated carbocycles. The second-order valence-electron chi connectivity index (χ2n) is 3.92. The molecule has 17 heavy (non-hydrogen) atoms. The highest BCUT2D eigenvalue weighted by molar-refractivity contribution is 5.86. The quantitative estimate of drug-likeness (QED) is 0.673. The summed E-state index contributed by atoms with van der Waals surface area (Å²) in [4.78, 5) is 11.2. The second-order valence-corrected chi connectivity index (χ2v) is 3.92. The molecule has 0 spiro atoms. The zero-order chi connectivity index (χ0) is 13.5. The van der Waals surface area contributed by atoms with Crippen LogP contribution in [0.4, 0.5) is 13.2 Å². The topological polar surface area (TPSA) is 64.3 Å². The van der Waals surface area contributed by atoms with E-state index >= 15 is 0 Å². The number of nitrogens with one attached hydrogen (secondary N) is 1. The summed E-state index contributed by atoms with van der Waals surface area (Å²) in [5.74, 6) is -1.22. The molecule has 0 fully saturated rings. The molecule has 0 saturated heterocycles.